The first-order chi connectivity index (χ1) is 13.4. The van der Waals surface area contributed by atoms with Crippen LogP contribution in [0.4, 0.5) is 0 Å². The highest BCUT2D eigenvalue weighted by atomic mass is 15.1. The van der Waals surface area contributed by atoms with E-state index in [4.69, 9.17) is 0 Å². The first-order valence-corrected chi connectivity index (χ1v) is 10.0. The summed E-state index contributed by atoms with van der Waals surface area (Å²) in [6.45, 7) is 4.39. The summed E-state index contributed by atoms with van der Waals surface area (Å²) in [5.41, 5.74) is 5.35. The summed E-state index contributed by atoms with van der Waals surface area (Å²) in [7, 11) is 0. The van der Waals surface area contributed by atoms with E-state index in [-0.39, 0.29) is 0 Å². The minimum atomic E-state index is 0.630. The summed E-state index contributed by atoms with van der Waals surface area (Å²) in [6, 6.07) is 31.0. The SMILES string of the molecule is c1ccc(CN2CCC(NCc3ccc(-c4ccccc4)cc3)CC2)cc1. The third-order valence-electron chi connectivity index (χ3n) is 5.49. The maximum absolute atomic E-state index is 3.75. The van der Waals surface area contributed by atoms with Crippen molar-refractivity contribution in [2.45, 2.75) is 32.0 Å². The van der Waals surface area contributed by atoms with E-state index in [1.165, 1.54) is 48.2 Å². The summed E-state index contributed by atoms with van der Waals surface area (Å²) < 4.78 is 0. The second-order valence-electron chi connectivity index (χ2n) is 7.48. The average molecular weight is 357 g/mol. The van der Waals surface area contributed by atoms with Crippen molar-refractivity contribution >= 4 is 0 Å². The van der Waals surface area contributed by atoms with Gasteiger partial charge in [-0.25, -0.2) is 0 Å². The van der Waals surface area contributed by atoms with E-state index in [0.717, 1.165) is 13.1 Å². The van der Waals surface area contributed by atoms with Gasteiger partial charge < -0.3 is 5.32 Å². The molecule has 0 bridgehead atoms. The summed E-state index contributed by atoms with van der Waals surface area (Å²) in [4.78, 5) is 2.57. The minimum absolute atomic E-state index is 0.630. The van der Waals surface area contributed by atoms with Gasteiger partial charge in [-0.05, 0) is 48.2 Å². The molecule has 0 atom stereocenters. The molecule has 0 saturated carbocycles. The average Bonchev–Trinajstić information content (AvgIpc) is 2.75. The molecule has 0 spiro atoms. The number of hydrogen-bond donors (Lipinski definition) is 1. The lowest BCUT2D eigenvalue weighted by Gasteiger charge is -2.32. The van der Waals surface area contributed by atoms with Gasteiger partial charge in [-0.15, -0.1) is 0 Å². The van der Waals surface area contributed by atoms with E-state index >= 15 is 0 Å². The van der Waals surface area contributed by atoms with Crippen LogP contribution in [0.25, 0.3) is 11.1 Å². The molecule has 27 heavy (non-hydrogen) atoms. The molecule has 2 nitrogen and oxygen atoms in total. The van der Waals surface area contributed by atoms with Crippen LogP contribution >= 0.6 is 0 Å². The maximum atomic E-state index is 3.75. The zero-order valence-corrected chi connectivity index (χ0v) is 15.9. The lowest BCUT2D eigenvalue weighted by Crippen LogP contribution is -2.41. The van der Waals surface area contributed by atoms with Crippen LogP contribution < -0.4 is 5.32 Å². The first kappa shape index (κ1) is 18.0. The van der Waals surface area contributed by atoms with Gasteiger partial charge in [-0.2, -0.15) is 0 Å². The largest absolute Gasteiger partial charge is 0.310 e. The number of nitrogens with one attached hydrogen (secondary N) is 1. The van der Waals surface area contributed by atoms with Gasteiger partial charge in [-0.3, -0.25) is 4.90 Å². The first-order valence-electron chi connectivity index (χ1n) is 10.0. The fourth-order valence-electron chi connectivity index (χ4n) is 3.84. The summed E-state index contributed by atoms with van der Waals surface area (Å²) in [5.74, 6) is 0. The molecule has 0 unspecified atom stereocenters. The quantitative estimate of drug-likeness (QED) is 0.660. The molecule has 4 rings (SSSR count). The minimum Gasteiger partial charge on any atom is -0.310 e. The van der Waals surface area contributed by atoms with E-state index < -0.39 is 0 Å². The molecule has 1 saturated heterocycles. The number of rotatable bonds is 6. The van der Waals surface area contributed by atoms with E-state index in [9.17, 15) is 0 Å². The van der Waals surface area contributed by atoms with Crippen molar-refractivity contribution in [2.24, 2.45) is 0 Å². The van der Waals surface area contributed by atoms with E-state index in [0.29, 0.717) is 6.04 Å². The van der Waals surface area contributed by atoms with E-state index in [1.54, 1.807) is 0 Å². The summed E-state index contributed by atoms with van der Waals surface area (Å²) in [6.07, 6.45) is 2.46. The van der Waals surface area contributed by atoms with Crippen LogP contribution in [0, 0.1) is 0 Å². The highest BCUT2D eigenvalue weighted by molar-refractivity contribution is 5.63. The van der Waals surface area contributed by atoms with Crippen LogP contribution in [0.2, 0.25) is 0 Å². The van der Waals surface area contributed by atoms with Gasteiger partial charge >= 0.3 is 0 Å². The molecule has 3 aromatic carbocycles. The Morgan fingerprint density at radius 2 is 1.26 bits per heavy atom. The van der Waals surface area contributed by atoms with Gasteiger partial charge in [0.15, 0.2) is 0 Å². The van der Waals surface area contributed by atoms with Gasteiger partial charge in [0.05, 0.1) is 0 Å². The zero-order chi connectivity index (χ0) is 18.3. The van der Waals surface area contributed by atoms with E-state index in [2.05, 4.69) is 95.1 Å². The molecule has 0 aromatic heterocycles. The highest BCUT2D eigenvalue weighted by Crippen LogP contribution is 2.20. The number of benzene rings is 3. The predicted molar refractivity (Wildman–Crippen MR) is 113 cm³/mol. The Morgan fingerprint density at radius 3 is 1.93 bits per heavy atom. The third kappa shape index (κ3) is 5.06. The monoisotopic (exact) mass is 356 g/mol. The van der Waals surface area contributed by atoms with Gasteiger partial charge in [0, 0.05) is 19.1 Å². The van der Waals surface area contributed by atoms with Crippen LogP contribution in [0.3, 0.4) is 0 Å². The molecule has 2 heteroatoms. The lowest BCUT2D eigenvalue weighted by atomic mass is 10.0. The lowest BCUT2D eigenvalue weighted by molar-refractivity contribution is 0.190. The topological polar surface area (TPSA) is 15.3 Å². The standard InChI is InChI=1S/C25H28N2/c1-3-7-22(8-4-1)20-27-17-15-25(16-18-27)26-19-21-11-13-24(14-12-21)23-9-5-2-6-10-23/h1-14,25-26H,15-20H2. The number of hydrogen-bond acceptors (Lipinski definition) is 2. The van der Waals surface area contributed by atoms with Crippen molar-refractivity contribution in [3.8, 4) is 11.1 Å². The van der Waals surface area contributed by atoms with Gasteiger partial charge in [0.1, 0.15) is 0 Å². The Kier molecular flexibility index (Phi) is 5.98. The predicted octanol–water partition coefficient (Wildman–Crippen LogP) is 5.11. The fourth-order valence-corrected chi connectivity index (χ4v) is 3.84. The molecular weight excluding hydrogens is 328 g/mol. The molecular formula is C25H28N2. The van der Waals surface area contributed by atoms with Gasteiger partial charge in [0.2, 0.25) is 0 Å². The maximum Gasteiger partial charge on any atom is 0.0233 e. The Hall–Kier alpha value is -2.42. The highest BCUT2D eigenvalue weighted by Gasteiger charge is 2.18. The molecule has 0 aliphatic carbocycles. The molecule has 1 heterocycles. The zero-order valence-electron chi connectivity index (χ0n) is 15.9. The molecule has 0 amide bonds. The number of nitrogens with zero attached hydrogens (tertiary/aromatic N) is 1. The van der Waals surface area contributed by atoms with Crippen LogP contribution in [0.5, 0.6) is 0 Å². The third-order valence-corrected chi connectivity index (χ3v) is 5.49. The molecule has 1 fully saturated rings. The second-order valence-corrected chi connectivity index (χ2v) is 7.48. The summed E-state index contributed by atoms with van der Waals surface area (Å²) in [5, 5.41) is 3.75. The molecule has 1 N–H and O–H groups in total. The van der Waals surface area contributed by atoms with Crippen molar-refractivity contribution < 1.29 is 0 Å². The van der Waals surface area contributed by atoms with Crippen LogP contribution in [-0.2, 0) is 13.1 Å². The van der Waals surface area contributed by atoms with Crippen molar-refractivity contribution in [1.29, 1.82) is 0 Å². The normalized spacial score (nSPS) is 15.7. The van der Waals surface area contributed by atoms with Crippen molar-refractivity contribution in [3.05, 3.63) is 96.1 Å². The Labute approximate surface area is 162 Å². The van der Waals surface area contributed by atoms with Gasteiger partial charge in [-0.1, -0.05) is 84.9 Å². The molecule has 1 aliphatic rings. The van der Waals surface area contributed by atoms with Crippen LogP contribution in [0.15, 0.2) is 84.9 Å². The van der Waals surface area contributed by atoms with Crippen molar-refractivity contribution in [1.82, 2.24) is 10.2 Å². The summed E-state index contributed by atoms with van der Waals surface area (Å²) >= 11 is 0. The number of piperidine rings is 1. The fraction of sp³-hybridized carbons (Fsp3) is 0.280. The van der Waals surface area contributed by atoms with Crippen LogP contribution in [0.1, 0.15) is 24.0 Å². The Bertz CT molecular complexity index is 804. The van der Waals surface area contributed by atoms with Gasteiger partial charge in [0.25, 0.3) is 0 Å². The van der Waals surface area contributed by atoms with Crippen molar-refractivity contribution in [2.75, 3.05) is 13.1 Å². The van der Waals surface area contributed by atoms with E-state index in [1.807, 2.05) is 0 Å². The second kappa shape index (κ2) is 8.98. The molecule has 1 aliphatic heterocycles. The molecule has 138 valence electrons. The van der Waals surface area contributed by atoms with Crippen molar-refractivity contribution in [3.63, 3.8) is 0 Å². The number of likely N-dealkylation sites (tertiary alicyclic amines) is 1. The molecule has 0 radical (unpaired) electrons. The molecule has 3 aromatic rings. The Balaban J connectivity index is 1.23. The van der Waals surface area contributed by atoms with Crippen LogP contribution in [-0.4, -0.2) is 24.0 Å². The smallest absolute Gasteiger partial charge is 0.0233 e. The Morgan fingerprint density at radius 1 is 0.667 bits per heavy atom.